The standard InChI is InChI=1S/C21H14N4O5S/c1-10-3-8-15-14(9-10)18(26)16-17(12-4-6-13(7-5-12)25(28)29)24(20(27)19(16)30-15)21-23-22-11(2)31-21/h3-9,17H,1-2H3/t17-/m0/s1. The van der Waals surface area contributed by atoms with Crippen LogP contribution in [0.4, 0.5) is 10.8 Å². The number of nitro groups is 1. The van der Waals surface area contributed by atoms with Crippen LogP contribution in [-0.4, -0.2) is 21.0 Å². The summed E-state index contributed by atoms with van der Waals surface area (Å²) in [6.07, 6.45) is 0. The van der Waals surface area contributed by atoms with Crippen LogP contribution in [0.3, 0.4) is 0 Å². The van der Waals surface area contributed by atoms with Crippen LogP contribution in [0.1, 0.15) is 38.3 Å². The number of non-ortho nitro benzene ring substituents is 1. The second-order valence-electron chi connectivity index (χ2n) is 7.20. The Morgan fingerprint density at radius 2 is 1.84 bits per heavy atom. The van der Waals surface area contributed by atoms with Crippen molar-refractivity contribution in [1.82, 2.24) is 10.2 Å². The first-order valence-electron chi connectivity index (χ1n) is 9.30. The highest BCUT2D eigenvalue weighted by atomic mass is 32.1. The fourth-order valence-electron chi connectivity index (χ4n) is 3.76. The van der Waals surface area contributed by atoms with Gasteiger partial charge in [0.05, 0.1) is 21.9 Å². The molecule has 31 heavy (non-hydrogen) atoms. The van der Waals surface area contributed by atoms with E-state index in [1.165, 1.54) is 40.5 Å². The molecule has 0 bridgehead atoms. The van der Waals surface area contributed by atoms with Gasteiger partial charge in [-0.2, -0.15) is 0 Å². The normalized spacial score (nSPS) is 15.5. The Labute approximate surface area is 178 Å². The number of carbonyl (C=O) groups is 1. The maximum atomic E-state index is 13.5. The number of anilines is 1. The average molecular weight is 434 g/mol. The van der Waals surface area contributed by atoms with Crippen molar-refractivity contribution >= 4 is 39.0 Å². The first-order chi connectivity index (χ1) is 14.8. The first kappa shape index (κ1) is 19.1. The van der Waals surface area contributed by atoms with Crippen molar-refractivity contribution in [3.8, 4) is 0 Å². The minimum atomic E-state index is -0.836. The molecule has 2 aromatic heterocycles. The second kappa shape index (κ2) is 6.81. The number of fused-ring (bicyclic) bond motifs is 2. The number of amides is 1. The summed E-state index contributed by atoms with van der Waals surface area (Å²) in [5, 5.41) is 20.5. The van der Waals surface area contributed by atoms with Gasteiger partial charge in [0.1, 0.15) is 10.6 Å². The predicted octanol–water partition coefficient (Wildman–Crippen LogP) is 3.92. The van der Waals surface area contributed by atoms with Crippen molar-refractivity contribution < 1.29 is 14.1 Å². The molecular formula is C21H14N4O5S. The van der Waals surface area contributed by atoms with Gasteiger partial charge in [0.25, 0.3) is 11.6 Å². The number of aromatic nitrogens is 2. The fourth-order valence-corrected chi connectivity index (χ4v) is 4.48. The molecule has 4 aromatic rings. The summed E-state index contributed by atoms with van der Waals surface area (Å²) >= 11 is 1.21. The molecule has 0 radical (unpaired) electrons. The van der Waals surface area contributed by atoms with Gasteiger partial charge in [-0.3, -0.25) is 24.6 Å². The Balaban J connectivity index is 1.79. The Morgan fingerprint density at radius 3 is 2.48 bits per heavy atom. The lowest BCUT2D eigenvalue weighted by atomic mass is 9.98. The zero-order chi connectivity index (χ0) is 21.9. The Kier molecular flexibility index (Phi) is 4.19. The number of rotatable bonds is 3. The van der Waals surface area contributed by atoms with Crippen LogP contribution in [0.5, 0.6) is 0 Å². The molecule has 0 saturated heterocycles. The number of benzene rings is 2. The third-order valence-corrected chi connectivity index (χ3v) is 6.00. The van der Waals surface area contributed by atoms with Crippen LogP contribution in [0.15, 0.2) is 51.7 Å². The van der Waals surface area contributed by atoms with Gasteiger partial charge in [0.2, 0.25) is 10.9 Å². The van der Waals surface area contributed by atoms with Crippen molar-refractivity contribution in [3.63, 3.8) is 0 Å². The lowest BCUT2D eigenvalue weighted by molar-refractivity contribution is -0.384. The van der Waals surface area contributed by atoms with E-state index in [1.807, 2.05) is 6.92 Å². The fraction of sp³-hybridized carbons (Fsp3) is 0.143. The van der Waals surface area contributed by atoms with Gasteiger partial charge in [-0.1, -0.05) is 23.0 Å². The molecule has 9 nitrogen and oxygen atoms in total. The lowest BCUT2D eigenvalue weighted by Crippen LogP contribution is -2.29. The molecule has 0 aliphatic carbocycles. The van der Waals surface area contributed by atoms with Gasteiger partial charge < -0.3 is 4.42 Å². The van der Waals surface area contributed by atoms with E-state index >= 15 is 0 Å². The summed E-state index contributed by atoms with van der Waals surface area (Å²) in [7, 11) is 0. The quantitative estimate of drug-likeness (QED) is 0.354. The zero-order valence-corrected chi connectivity index (χ0v) is 17.2. The highest BCUT2D eigenvalue weighted by molar-refractivity contribution is 7.15. The van der Waals surface area contributed by atoms with Crippen molar-refractivity contribution in [1.29, 1.82) is 0 Å². The van der Waals surface area contributed by atoms with Crippen LogP contribution in [0, 0.1) is 24.0 Å². The van der Waals surface area contributed by atoms with E-state index in [1.54, 1.807) is 25.1 Å². The van der Waals surface area contributed by atoms with Gasteiger partial charge >= 0.3 is 0 Å². The molecule has 1 aliphatic rings. The largest absolute Gasteiger partial charge is 0.450 e. The summed E-state index contributed by atoms with van der Waals surface area (Å²) in [4.78, 5) is 38.8. The van der Waals surface area contributed by atoms with E-state index < -0.39 is 16.9 Å². The van der Waals surface area contributed by atoms with Crippen LogP contribution >= 0.6 is 11.3 Å². The number of nitro benzene ring substituents is 1. The van der Waals surface area contributed by atoms with Crippen LogP contribution in [0.2, 0.25) is 0 Å². The van der Waals surface area contributed by atoms with Crippen molar-refractivity contribution in [2.45, 2.75) is 19.9 Å². The first-order valence-corrected chi connectivity index (χ1v) is 10.1. The maximum Gasteiger partial charge on any atom is 0.297 e. The predicted molar refractivity (Wildman–Crippen MR) is 114 cm³/mol. The molecule has 2 aromatic carbocycles. The molecule has 0 fully saturated rings. The highest BCUT2D eigenvalue weighted by Crippen LogP contribution is 2.42. The zero-order valence-electron chi connectivity index (χ0n) is 16.4. The van der Waals surface area contributed by atoms with Crippen molar-refractivity contribution in [2.24, 2.45) is 0 Å². The molecule has 154 valence electrons. The van der Waals surface area contributed by atoms with E-state index in [-0.39, 0.29) is 22.4 Å². The summed E-state index contributed by atoms with van der Waals surface area (Å²) in [5.41, 5.74) is 1.51. The Hall–Kier alpha value is -3.92. The van der Waals surface area contributed by atoms with E-state index in [0.717, 1.165) is 5.56 Å². The minimum Gasteiger partial charge on any atom is -0.450 e. The molecular weight excluding hydrogens is 420 g/mol. The molecule has 1 amide bonds. The van der Waals surface area contributed by atoms with Gasteiger partial charge in [-0.05, 0) is 43.7 Å². The second-order valence-corrected chi connectivity index (χ2v) is 8.36. The monoisotopic (exact) mass is 434 g/mol. The molecule has 10 heteroatoms. The number of hydrogen-bond acceptors (Lipinski definition) is 8. The number of hydrogen-bond donors (Lipinski definition) is 0. The topological polar surface area (TPSA) is 119 Å². The van der Waals surface area contributed by atoms with Crippen LogP contribution in [0.25, 0.3) is 11.0 Å². The Bertz CT molecular complexity index is 1440. The van der Waals surface area contributed by atoms with Gasteiger partial charge in [0, 0.05) is 12.1 Å². The smallest absolute Gasteiger partial charge is 0.297 e. The number of nitrogens with zero attached hydrogens (tertiary/aromatic N) is 4. The van der Waals surface area contributed by atoms with Crippen LogP contribution < -0.4 is 10.3 Å². The number of aryl methyl sites for hydroxylation is 2. The minimum absolute atomic E-state index is 0.0578. The van der Waals surface area contributed by atoms with E-state index in [9.17, 15) is 19.7 Å². The number of carbonyl (C=O) groups excluding carboxylic acids is 1. The van der Waals surface area contributed by atoms with E-state index in [0.29, 0.717) is 26.7 Å². The molecule has 1 aliphatic heterocycles. The van der Waals surface area contributed by atoms with Gasteiger partial charge in [-0.15, -0.1) is 10.2 Å². The summed E-state index contributed by atoms with van der Waals surface area (Å²) < 4.78 is 5.88. The Morgan fingerprint density at radius 1 is 1.10 bits per heavy atom. The summed E-state index contributed by atoms with van der Waals surface area (Å²) in [6, 6.07) is 10.1. The molecule has 3 heterocycles. The van der Waals surface area contributed by atoms with E-state index in [4.69, 9.17) is 4.42 Å². The lowest BCUT2D eigenvalue weighted by Gasteiger charge is -2.21. The molecule has 0 spiro atoms. The molecule has 0 saturated carbocycles. The summed E-state index contributed by atoms with van der Waals surface area (Å²) in [5.74, 6) is -0.563. The summed E-state index contributed by atoms with van der Waals surface area (Å²) in [6.45, 7) is 3.62. The molecule has 5 rings (SSSR count). The molecule has 0 unspecified atom stereocenters. The van der Waals surface area contributed by atoms with Crippen molar-refractivity contribution in [3.05, 3.63) is 90.3 Å². The maximum absolute atomic E-state index is 13.5. The van der Waals surface area contributed by atoms with Gasteiger partial charge in [0.15, 0.2) is 5.43 Å². The third kappa shape index (κ3) is 2.91. The van der Waals surface area contributed by atoms with Crippen LogP contribution in [-0.2, 0) is 0 Å². The van der Waals surface area contributed by atoms with Crippen molar-refractivity contribution in [2.75, 3.05) is 4.90 Å². The average Bonchev–Trinajstić information content (AvgIpc) is 3.30. The third-order valence-electron chi connectivity index (χ3n) is 5.17. The molecule has 1 atom stereocenters. The highest BCUT2D eigenvalue weighted by Gasteiger charge is 2.45. The van der Waals surface area contributed by atoms with E-state index in [2.05, 4.69) is 10.2 Å². The SMILES string of the molecule is Cc1ccc2oc3c(c(=O)c2c1)[C@H](c1ccc([N+](=O)[O-])cc1)N(c1nnc(C)s1)C3=O. The van der Waals surface area contributed by atoms with Gasteiger partial charge in [-0.25, -0.2) is 0 Å². The molecule has 0 N–H and O–H groups in total.